The summed E-state index contributed by atoms with van der Waals surface area (Å²) >= 11 is 17.7. The summed E-state index contributed by atoms with van der Waals surface area (Å²) in [5.74, 6) is -0.463. The van der Waals surface area contributed by atoms with Crippen LogP contribution in [0.1, 0.15) is 0 Å². The minimum Gasteiger partial charge on any atom is -0.304 e. The third-order valence-corrected chi connectivity index (χ3v) is 3.46. The molecule has 0 aliphatic carbocycles. The molecule has 96 valence electrons. The Morgan fingerprint density at radius 1 is 1.00 bits per heavy atom. The van der Waals surface area contributed by atoms with E-state index in [1.165, 1.54) is 12.1 Å². The van der Waals surface area contributed by atoms with Gasteiger partial charge in [-0.3, -0.25) is 0 Å². The van der Waals surface area contributed by atoms with Gasteiger partial charge in [-0.2, -0.15) is 0 Å². The van der Waals surface area contributed by atoms with E-state index in [4.69, 9.17) is 34.8 Å². The molecule has 2 aromatic heterocycles. The normalized spacial score (nSPS) is 11.2. The van der Waals surface area contributed by atoms with Gasteiger partial charge in [0.15, 0.2) is 5.65 Å². The summed E-state index contributed by atoms with van der Waals surface area (Å²) in [7, 11) is 0. The highest BCUT2D eigenvalue weighted by Crippen LogP contribution is 2.28. The molecule has 0 fully saturated rings. The number of hydrogen-bond donors (Lipinski definition) is 0. The lowest BCUT2D eigenvalue weighted by Gasteiger charge is -1.97. The van der Waals surface area contributed by atoms with Crippen molar-refractivity contribution in [2.45, 2.75) is 0 Å². The molecule has 0 N–H and O–H groups in total. The molecule has 3 rings (SSSR count). The van der Waals surface area contributed by atoms with Gasteiger partial charge in [0, 0.05) is 18.0 Å². The van der Waals surface area contributed by atoms with E-state index in [-0.39, 0.29) is 5.02 Å². The van der Waals surface area contributed by atoms with E-state index in [1.54, 1.807) is 28.9 Å². The lowest BCUT2D eigenvalue weighted by molar-refractivity contribution is 0.628. The zero-order valence-electron chi connectivity index (χ0n) is 9.37. The van der Waals surface area contributed by atoms with Crippen molar-refractivity contribution in [3.8, 4) is 11.3 Å². The average molecular weight is 316 g/mol. The van der Waals surface area contributed by atoms with E-state index in [9.17, 15) is 4.39 Å². The molecule has 0 atom stereocenters. The van der Waals surface area contributed by atoms with Crippen LogP contribution in [-0.4, -0.2) is 9.38 Å². The summed E-state index contributed by atoms with van der Waals surface area (Å²) in [5.41, 5.74) is 1.94. The van der Waals surface area contributed by atoms with Crippen molar-refractivity contribution < 1.29 is 4.39 Å². The monoisotopic (exact) mass is 314 g/mol. The average Bonchev–Trinajstić information content (AvgIpc) is 2.76. The quantitative estimate of drug-likeness (QED) is 0.610. The van der Waals surface area contributed by atoms with Crippen LogP contribution in [0.5, 0.6) is 0 Å². The zero-order valence-corrected chi connectivity index (χ0v) is 11.6. The Morgan fingerprint density at radius 2 is 1.79 bits per heavy atom. The van der Waals surface area contributed by atoms with Crippen LogP contribution in [0.15, 0.2) is 36.7 Å². The molecule has 2 heterocycles. The molecular weight excluding hydrogens is 310 g/mol. The summed E-state index contributed by atoms with van der Waals surface area (Å²) < 4.78 is 14.9. The SMILES string of the molecule is Fc1ccc(-c2cn3cc(Cl)cc(Cl)c3n2)cc1Cl. The van der Waals surface area contributed by atoms with Crippen molar-refractivity contribution in [3.05, 3.63) is 57.5 Å². The van der Waals surface area contributed by atoms with Crippen LogP contribution in [0.2, 0.25) is 15.1 Å². The maximum Gasteiger partial charge on any atom is 0.156 e. The maximum absolute atomic E-state index is 13.1. The Bertz CT molecular complexity index is 783. The lowest BCUT2D eigenvalue weighted by Crippen LogP contribution is -1.82. The van der Waals surface area contributed by atoms with Crippen molar-refractivity contribution >= 4 is 40.4 Å². The van der Waals surface area contributed by atoms with Gasteiger partial charge < -0.3 is 4.40 Å². The van der Waals surface area contributed by atoms with Gasteiger partial charge in [0.1, 0.15) is 5.82 Å². The fourth-order valence-electron chi connectivity index (χ4n) is 1.82. The highest BCUT2D eigenvalue weighted by molar-refractivity contribution is 6.36. The molecule has 0 aliphatic rings. The first-order valence-corrected chi connectivity index (χ1v) is 6.47. The first-order chi connectivity index (χ1) is 9.04. The second kappa shape index (κ2) is 4.67. The highest BCUT2D eigenvalue weighted by atomic mass is 35.5. The molecule has 0 aliphatic heterocycles. The molecular formula is C13H6Cl3FN2. The molecule has 0 amide bonds. The van der Waals surface area contributed by atoms with Crippen molar-refractivity contribution in [1.82, 2.24) is 9.38 Å². The number of pyridine rings is 1. The van der Waals surface area contributed by atoms with Crippen molar-refractivity contribution in [2.24, 2.45) is 0 Å². The fraction of sp³-hybridized carbons (Fsp3) is 0. The third kappa shape index (κ3) is 2.29. The number of imidazole rings is 1. The van der Waals surface area contributed by atoms with Crippen molar-refractivity contribution in [3.63, 3.8) is 0 Å². The van der Waals surface area contributed by atoms with Crippen LogP contribution in [-0.2, 0) is 0 Å². The Balaban J connectivity index is 2.20. The minimum atomic E-state index is -0.463. The van der Waals surface area contributed by atoms with Crippen LogP contribution in [0.3, 0.4) is 0 Å². The van der Waals surface area contributed by atoms with E-state index in [0.717, 1.165) is 0 Å². The Kier molecular flexibility index (Phi) is 3.13. The standard InChI is InChI=1S/C13H6Cl3FN2/c14-8-4-10(16)13-18-12(6-19(13)5-8)7-1-2-11(17)9(15)3-7/h1-6H. The summed E-state index contributed by atoms with van der Waals surface area (Å²) in [5, 5.41) is 1.02. The van der Waals surface area contributed by atoms with Crippen LogP contribution < -0.4 is 0 Å². The van der Waals surface area contributed by atoms with E-state index in [1.807, 2.05) is 0 Å². The van der Waals surface area contributed by atoms with Gasteiger partial charge in [-0.1, -0.05) is 34.8 Å². The first-order valence-electron chi connectivity index (χ1n) is 5.34. The van der Waals surface area contributed by atoms with Gasteiger partial charge in [0.05, 0.1) is 20.8 Å². The smallest absolute Gasteiger partial charge is 0.156 e. The second-order valence-corrected chi connectivity index (χ2v) is 5.24. The van der Waals surface area contributed by atoms with E-state index in [0.29, 0.717) is 26.9 Å². The van der Waals surface area contributed by atoms with Gasteiger partial charge in [0.2, 0.25) is 0 Å². The topological polar surface area (TPSA) is 17.3 Å². The van der Waals surface area contributed by atoms with Gasteiger partial charge in [-0.15, -0.1) is 0 Å². The predicted octanol–water partition coefficient (Wildman–Crippen LogP) is 5.10. The van der Waals surface area contributed by atoms with Gasteiger partial charge in [-0.05, 0) is 24.3 Å². The summed E-state index contributed by atoms with van der Waals surface area (Å²) in [6, 6.07) is 6.05. The number of aromatic nitrogens is 2. The molecule has 0 saturated heterocycles. The molecule has 2 nitrogen and oxygen atoms in total. The molecule has 6 heteroatoms. The predicted molar refractivity (Wildman–Crippen MR) is 75.6 cm³/mol. The number of rotatable bonds is 1. The Labute approximate surface area is 123 Å². The van der Waals surface area contributed by atoms with Crippen LogP contribution in [0.25, 0.3) is 16.9 Å². The summed E-state index contributed by atoms with van der Waals surface area (Å²) in [6.07, 6.45) is 3.46. The molecule has 3 aromatic rings. The molecule has 0 spiro atoms. The highest BCUT2D eigenvalue weighted by Gasteiger charge is 2.10. The maximum atomic E-state index is 13.1. The molecule has 19 heavy (non-hydrogen) atoms. The number of nitrogens with zero attached hydrogens (tertiary/aromatic N) is 2. The number of halogens is 4. The number of benzene rings is 1. The lowest BCUT2D eigenvalue weighted by atomic mass is 10.2. The molecule has 1 aromatic carbocycles. The first kappa shape index (κ1) is 12.7. The van der Waals surface area contributed by atoms with Crippen LogP contribution >= 0.6 is 34.8 Å². The van der Waals surface area contributed by atoms with E-state index < -0.39 is 5.82 Å². The Hall–Kier alpha value is -1.29. The zero-order chi connectivity index (χ0) is 13.6. The van der Waals surface area contributed by atoms with Crippen molar-refractivity contribution in [2.75, 3.05) is 0 Å². The molecule has 0 radical (unpaired) electrons. The summed E-state index contributed by atoms with van der Waals surface area (Å²) in [6.45, 7) is 0. The molecule has 0 saturated carbocycles. The van der Waals surface area contributed by atoms with Crippen molar-refractivity contribution in [1.29, 1.82) is 0 Å². The van der Waals surface area contributed by atoms with Gasteiger partial charge in [-0.25, -0.2) is 9.37 Å². The fourth-order valence-corrected chi connectivity index (χ4v) is 2.53. The Morgan fingerprint density at radius 3 is 2.53 bits per heavy atom. The third-order valence-electron chi connectivity index (χ3n) is 2.69. The second-order valence-electron chi connectivity index (χ2n) is 3.99. The number of fused-ring (bicyclic) bond motifs is 1. The van der Waals surface area contributed by atoms with Crippen LogP contribution in [0, 0.1) is 5.82 Å². The van der Waals surface area contributed by atoms with Crippen LogP contribution in [0.4, 0.5) is 4.39 Å². The number of hydrogen-bond acceptors (Lipinski definition) is 1. The van der Waals surface area contributed by atoms with Gasteiger partial charge in [0.25, 0.3) is 0 Å². The van der Waals surface area contributed by atoms with E-state index >= 15 is 0 Å². The minimum absolute atomic E-state index is 0.0543. The molecule has 0 unspecified atom stereocenters. The van der Waals surface area contributed by atoms with Gasteiger partial charge >= 0.3 is 0 Å². The largest absolute Gasteiger partial charge is 0.304 e. The summed E-state index contributed by atoms with van der Waals surface area (Å²) in [4.78, 5) is 4.39. The van der Waals surface area contributed by atoms with E-state index in [2.05, 4.69) is 4.98 Å². The molecule has 0 bridgehead atoms.